The second-order valence-electron chi connectivity index (χ2n) is 6.60. The highest BCUT2D eigenvalue weighted by atomic mass is 35.5. The summed E-state index contributed by atoms with van der Waals surface area (Å²) in [5.74, 6) is 0.772. The summed E-state index contributed by atoms with van der Waals surface area (Å²) in [6, 6.07) is 15.0. The van der Waals surface area contributed by atoms with E-state index >= 15 is 0 Å². The lowest BCUT2D eigenvalue weighted by molar-refractivity contribution is -0.137. The van der Waals surface area contributed by atoms with Crippen molar-refractivity contribution < 1.29 is 13.2 Å². The first-order chi connectivity index (χ1) is 13.8. The molecule has 0 radical (unpaired) electrons. The zero-order valence-electron chi connectivity index (χ0n) is 15.9. The van der Waals surface area contributed by atoms with Gasteiger partial charge < -0.3 is 10.6 Å². The number of benzene rings is 2. The van der Waals surface area contributed by atoms with Gasteiger partial charge in [-0.3, -0.25) is 0 Å². The van der Waals surface area contributed by atoms with Crippen LogP contribution in [-0.4, -0.2) is 16.0 Å². The fraction of sp³-hybridized carbons (Fsp3) is 0.238. The fourth-order valence-corrected chi connectivity index (χ4v) is 2.85. The van der Waals surface area contributed by atoms with Gasteiger partial charge in [0.25, 0.3) is 0 Å². The van der Waals surface area contributed by atoms with E-state index in [9.17, 15) is 13.2 Å². The maximum atomic E-state index is 13.2. The zero-order valence-corrected chi connectivity index (χ0v) is 16.6. The normalized spacial score (nSPS) is 12.5. The van der Waals surface area contributed by atoms with Crippen LogP contribution in [-0.2, 0) is 6.18 Å². The van der Waals surface area contributed by atoms with Crippen molar-refractivity contribution in [3.63, 3.8) is 0 Å². The third kappa shape index (κ3) is 5.38. The monoisotopic (exact) mass is 420 g/mol. The highest BCUT2D eigenvalue weighted by Crippen LogP contribution is 2.36. The number of rotatable bonds is 6. The van der Waals surface area contributed by atoms with Gasteiger partial charge in [0.2, 0.25) is 5.95 Å². The Morgan fingerprint density at radius 1 is 1.03 bits per heavy atom. The van der Waals surface area contributed by atoms with Crippen molar-refractivity contribution in [2.45, 2.75) is 32.5 Å². The van der Waals surface area contributed by atoms with Crippen LogP contribution in [0.4, 0.5) is 30.6 Å². The van der Waals surface area contributed by atoms with E-state index in [-0.39, 0.29) is 16.8 Å². The SMILES string of the molecule is CC[C@H](C)Nc1nc(Nc2ccc(Cl)c(C(F)(F)F)c2)cc(-c2ccccc2)n1. The largest absolute Gasteiger partial charge is 0.417 e. The molecule has 0 saturated heterocycles. The van der Waals surface area contributed by atoms with E-state index in [0.717, 1.165) is 18.1 Å². The molecule has 0 bridgehead atoms. The van der Waals surface area contributed by atoms with Gasteiger partial charge in [-0.2, -0.15) is 18.2 Å². The maximum absolute atomic E-state index is 13.2. The standard InChI is InChI=1S/C21H20ClF3N4/c1-3-13(2)26-20-28-18(14-7-5-4-6-8-14)12-19(29-20)27-15-9-10-17(22)16(11-15)21(23,24)25/h4-13H,3H2,1-2H3,(H2,26,27,28,29)/t13-/m0/s1. The molecule has 0 aliphatic heterocycles. The molecular weight excluding hydrogens is 401 g/mol. The van der Waals surface area contributed by atoms with Crippen LogP contribution in [0.1, 0.15) is 25.8 Å². The minimum atomic E-state index is -4.54. The summed E-state index contributed by atoms with van der Waals surface area (Å²) in [4.78, 5) is 8.95. The van der Waals surface area contributed by atoms with Gasteiger partial charge in [0.05, 0.1) is 16.3 Å². The van der Waals surface area contributed by atoms with Gasteiger partial charge in [-0.05, 0) is 31.5 Å². The van der Waals surface area contributed by atoms with Gasteiger partial charge in [0, 0.05) is 23.4 Å². The molecule has 2 aromatic carbocycles. The molecule has 4 nitrogen and oxygen atoms in total. The third-order valence-electron chi connectivity index (χ3n) is 4.33. The van der Waals surface area contributed by atoms with E-state index in [2.05, 4.69) is 20.6 Å². The summed E-state index contributed by atoms with van der Waals surface area (Å²) in [5.41, 5.74) is 0.851. The van der Waals surface area contributed by atoms with Crippen LogP contribution < -0.4 is 10.6 Å². The molecule has 1 heterocycles. The van der Waals surface area contributed by atoms with Gasteiger partial charge in [-0.1, -0.05) is 48.9 Å². The molecule has 0 fully saturated rings. The molecule has 1 aromatic heterocycles. The van der Waals surface area contributed by atoms with Crippen molar-refractivity contribution >= 4 is 29.1 Å². The topological polar surface area (TPSA) is 49.8 Å². The molecule has 3 rings (SSSR count). The van der Waals surface area contributed by atoms with Gasteiger partial charge in [0.1, 0.15) is 5.82 Å². The Morgan fingerprint density at radius 3 is 2.41 bits per heavy atom. The lowest BCUT2D eigenvalue weighted by Crippen LogP contribution is -2.16. The molecule has 3 aromatic rings. The molecule has 0 unspecified atom stereocenters. The molecule has 0 aliphatic carbocycles. The minimum absolute atomic E-state index is 0.140. The van der Waals surface area contributed by atoms with Crippen LogP contribution in [0.3, 0.4) is 0 Å². The smallest absolute Gasteiger partial charge is 0.352 e. The second-order valence-corrected chi connectivity index (χ2v) is 7.01. The van der Waals surface area contributed by atoms with Crippen LogP contribution >= 0.6 is 11.6 Å². The number of nitrogens with one attached hydrogen (secondary N) is 2. The van der Waals surface area contributed by atoms with Gasteiger partial charge in [0.15, 0.2) is 0 Å². The average molecular weight is 421 g/mol. The molecule has 0 saturated carbocycles. The number of hydrogen-bond acceptors (Lipinski definition) is 4. The highest BCUT2D eigenvalue weighted by molar-refractivity contribution is 6.31. The highest BCUT2D eigenvalue weighted by Gasteiger charge is 2.33. The molecule has 29 heavy (non-hydrogen) atoms. The van der Waals surface area contributed by atoms with Crippen LogP contribution in [0, 0.1) is 0 Å². The molecule has 2 N–H and O–H groups in total. The molecule has 1 atom stereocenters. The molecule has 152 valence electrons. The molecule has 0 amide bonds. The van der Waals surface area contributed by atoms with Crippen molar-refractivity contribution in [3.8, 4) is 11.3 Å². The van der Waals surface area contributed by atoms with Crippen LogP contribution in [0.15, 0.2) is 54.6 Å². The zero-order chi connectivity index (χ0) is 21.0. The third-order valence-corrected chi connectivity index (χ3v) is 4.66. The summed E-state index contributed by atoms with van der Waals surface area (Å²) in [6.45, 7) is 4.03. The van der Waals surface area contributed by atoms with Crippen molar-refractivity contribution in [1.82, 2.24) is 9.97 Å². The summed E-state index contributed by atoms with van der Waals surface area (Å²) in [5, 5.41) is 5.79. The molecule has 8 heteroatoms. The number of hydrogen-bond donors (Lipinski definition) is 2. The Kier molecular flexibility index (Phi) is 6.27. The number of alkyl halides is 3. The Labute approximate surface area is 172 Å². The number of nitrogens with zero attached hydrogens (tertiary/aromatic N) is 2. The Balaban J connectivity index is 1.99. The lowest BCUT2D eigenvalue weighted by atomic mass is 10.1. The predicted molar refractivity (Wildman–Crippen MR) is 111 cm³/mol. The van der Waals surface area contributed by atoms with Gasteiger partial charge >= 0.3 is 6.18 Å². The maximum Gasteiger partial charge on any atom is 0.417 e. The quantitative estimate of drug-likeness (QED) is 0.462. The first-order valence-electron chi connectivity index (χ1n) is 9.11. The van der Waals surface area contributed by atoms with E-state index in [1.807, 2.05) is 44.2 Å². The molecular formula is C21H20ClF3N4. The van der Waals surface area contributed by atoms with Crippen LogP contribution in [0.5, 0.6) is 0 Å². The van der Waals surface area contributed by atoms with E-state index in [0.29, 0.717) is 17.5 Å². The van der Waals surface area contributed by atoms with E-state index < -0.39 is 11.7 Å². The van der Waals surface area contributed by atoms with Crippen LogP contribution in [0.2, 0.25) is 5.02 Å². The van der Waals surface area contributed by atoms with Gasteiger partial charge in [-0.15, -0.1) is 0 Å². The predicted octanol–water partition coefficient (Wildman–Crippen LogP) is 6.77. The van der Waals surface area contributed by atoms with Gasteiger partial charge in [-0.25, -0.2) is 4.98 Å². The summed E-state index contributed by atoms with van der Waals surface area (Å²) >= 11 is 5.70. The Morgan fingerprint density at radius 2 is 1.76 bits per heavy atom. The Bertz CT molecular complexity index is 977. The van der Waals surface area contributed by atoms with Crippen molar-refractivity contribution in [3.05, 3.63) is 65.2 Å². The summed E-state index contributed by atoms with van der Waals surface area (Å²) in [6.07, 6.45) is -3.67. The molecule has 0 spiro atoms. The minimum Gasteiger partial charge on any atom is -0.352 e. The number of aromatic nitrogens is 2. The summed E-state index contributed by atoms with van der Waals surface area (Å²) < 4.78 is 39.5. The van der Waals surface area contributed by atoms with E-state index in [1.165, 1.54) is 12.1 Å². The fourth-order valence-electron chi connectivity index (χ4n) is 2.62. The Hall–Kier alpha value is -2.80. The number of anilines is 3. The number of halogens is 4. The average Bonchev–Trinajstić information content (AvgIpc) is 2.69. The first kappa shape index (κ1) is 20.9. The first-order valence-corrected chi connectivity index (χ1v) is 9.49. The van der Waals surface area contributed by atoms with E-state index in [1.54, 1.807) is 6.07 Å². The molecule has 0 aliphatic rings. The van der Waals surface area contributed by atoms with Crippen molar-refractivity contribution in [2.75, 3.05) is 10.6 Å². The van der Waals surface area contributed by atoms with Crippen LogP contribution in [0.25, 0.3) is 11.3 Å². The van der Waals surface area contributed by atoms with Crippen molar-refractivity contribution in [1.29, 1.82) is 0 Å². The van der Waals surface area contributed by atoms with Crippen molar-refractivity contribution in [2.24, 2.45) is 0 Å². The second kappa shape index (κ2) is 8.69. The van der Waals surface area contributed by atoms with E-state index in [4.69, 9.17) is 11.6 Å². The lowest BCUT2D eigenvalue weighted by Gasteiger charge is -2.15. The summed E-state index contributed by atoms with van der Waals surface area (Å²) in [7, 11) is 0.